The standard InChI is InChI=1S/C20H22N4O3/c1-2-27-16-10-8-15(9-11-16)17-6-5-13-22(17)19(25)14-24-20(26)23-12-4-3-7-18(23)21-24/h3-4,7-12,17H,2,5-6,13-14H2,1H3. The molecule has 3 heterocycles. The van der Waals surface area contributed by atoms with Crippen LogP contribution in [0.25, 0.3) is 5.65 Å². The van der Waals surface area contributed by atoms with Gasteiger partial charge < -0.3 is 9.64 Å². The van der Waals surface area contributed by atoms with Crippen molar-refractivity contribution >= 4 is 11.6 Å². The van der Waals surface area contributed by atoms with Gasteiger partial charge in [0.15, 0.2) is 5.65 Å². The number of rotatable bonds is 5. The molecule has 1 aliphatic heterocycles. The first-order valence-electron chi connectivity index (χ1n) is 9.24. The summed E-state index contributed by atoms with van der Waals surface area (Å²) in [7, 11) is 0. The summed E-state index contributed by atoms with van der Waals surface area (Å²) in [6.45, 7) is 3.22. The molecule has 1 atom stereocenters. The molecular weight excluding hydrogens is 344 g/mol. The van der Waals surface area contributed by atoms with Gasteiger partial charge in [0.2, 0.25) is 5.91 Å². The summed E-state index contributed by atoms with van der Waals surface area (Å²) in [5, 5.41) is 4.26. The van der Waals surface area contributed by atoms with Gasteiger partial charge in [-0.25, -0.2) is 9.48 Å². The van der Waals surface area contributed by atoms with Crippen LogP contribution in [-0.2, 0) is 11.3 Å². The molecule has 0 saturated carbocycles. The Morgan fingerprint density at radius 2 is 2.04 bits per heavy atom. The van der Waals surface area contributed by atoms with Gasteiger partial charge in [-0.05, 0) is 49.6 Å². The third kappa shape index (κ3) is 3.32. The second-order valence-electron chi connectivity index (χ2n) is 6.62. The highest BCUT2D eigenvalue weighted by Crippen LogP contribution is 2.32. The van der Waals surface area contributed by atoms with E-state index >= 15 is 0 Å². The highest BCUT2D eigenvalue weighted by molar-refractivity contribution is 5.76. The van der Waals surface area contributed by atoms with Crippen molar-refractivity contribution in [3.8, 4) is 5.75 Å². The number of likely N-dealkylation sites (tertiary alicyclic amines) is 1. The van der Waals surface area contributed by atoms with Gasteiger partial charge in [-0.3, -0.25) is 9.20 Å². The number of hydrogen-bond acceptors (Lipinski definition) is 4. The van der Waals surface area contributed by atoms with E-state index in [2.05, 4.69) is 5.10 Å². The van der Waals surface area contributed by atoms with Crippen LogP contribution < -0.4 is 10.4 Å². The lowest BCUT2D eigenvalue weighted by molar-refractivity contribution is -0.133. The highest BCUT2D eigenvalue weighted by Gasteiger charge is 2.30. The summed E-state index contributed by atoms with van der Waals surface area (Å²) in [6.07, 6.45) is 3.52. The van der Waals surface area contributed by atoms with Crippen molar-refractivity contribution in [1.29, 1.82) is 0 Å². The number of ether oxygens (including phenoxy) is 1. The zero-order valence-corrected chi connectivity index (χ0v) is 15.2. The summed E-state index contributed by atoms with van der Waals surface area (Å²) in [5.74, 6) is 0.741. The average Bonchev–Trinajstić information content (AvgIpc) is 3.29. The molecule has 1 saturated heterocycles. The minimum Gasteiger partial charge on any atom is -0.494 e. The van der Waals surface area contributed by atoms with Crippen molar-refractivity contribution in [2.75, 3.05) is 13.2 Å². The molecule has 1 fully saturated rings. The molecule has 1 unspecified atom stereocenters. The summed E-state index contributed by atoms with van der Waals surface area (Å²) >= 11 is 0. The predicted molar refractivity (Wildman–Crippen MR) is 101 cm³/mol. The highest BCUT2D eigenvalue weighted by atomic mass is 16.5. The SMILES string of the molecule is CCOc1ccc(C2CCCN2C(=O)Cn2nc3ccccn3c2=O)cc1. The van der Waals surface area contributed by atoms with Crippen molar-refractivity contribution in [3.05, 3.63) is 64.7 Å². The topological polar surface area (TPSA) is 68.8 Å². The number of nitrogens with zero attached hydrogens (tertiary/aromatic N) is 4. The Hall–Kier alpha value is -3.09. The number of carbonyl (C=O) groups excluding carboxylic acids is 1. The molecule has 0 bridgehead atoms. The van der Waals surface area contributed by atoms with Gasteiger partial charge in [-0.15, -0.1) is 5.10 Å². The molecule has 0 aliphatic carbocycles. The van der Waals surface area contributed by atoms with Crippen LogP contribution in [0.5, 0.6) is 5.75 Å². The normalized spacial score (nSPS) is 16.8. The van der Waals surface area contributed by atoms with Crippen molar-refractivity contribution in [1.82, 2.24) is 19.1 Å². The largest absolute Gasteiger partial charge is 0.494 e. The van der Waals surface area contributed by atoms with Gasteiger partial charge in [-0.1, -0.05) is 18.2 Å². The minimum atomic E-state index is -0.296. The third-order valence-corrected chi connectivity index (χ3v) is 4.92. The fourth-order valence-electron chi connectivity index (χ4n) is 3.65. The summed E-state index contributed by atoms with van der Waals surface area (Å²) in [4.78, 5) is 27.2. The van der Waals surface area contributed by atoms with Gasteiger partial charge in [0.05, 0.1) is 12.6 Å². The van der Waals surface area contributed by atoms with E-state index in [0.717, 1.165) is 24.2 Å². The second-order valence-corrected chi connectivity index (χ2v) is 6.62. The average molecular weight is 366 g/mol. The van der Waals surface area contributed by atoms with E-state index in [1.54, 1.807) is 18.3 Å². The first-order valence-corrected chi connectivity index (χ1v) is 9.24. The van der Waals surface area contributed by atoms with Crippen LogP contribution in [0.2, 0.25) is 0 Å². The summed E-state index contributed by atoms with van der Waals surface area (Å²) in [6, 6.07) is 13.3. The molecule has 7 heteroatoms. The van der Waals surface area contributed by atoms with Crippen molar-refractivity contribution in [2.45, 2.75) is 32.4 Å². The third-order valence-electron chi connectivity index (χ3n) is 4.92. The summed E-state index contributed by atoms with van der Waals surface area (Å²) in [5.41, 5.74) is 1.34. The molecule has 27 heavy (non-hydrogen) atoms. The Balaban J connectivity index is 1.53. The maximum Gasteiger partial charge on any atom is 0.350 e. The van der Waals surface area contributed by atoms with E-state index in [1.807, 2.05) is 42.2 Å². The van der Waals surface area contributed by atoms with Crippen LogP contribution in [0.15, 0.2) is 53.5 Å². The Morgan fingerprint density at radius 1 is 1.22 bits per heavy atom. The van der Waals surface area contributed by atoms with Gasteiger partial charge >= 0.3 is 5.69 Å². The molecule has 4 rings (SSSR count). The number of pyridine rings is 1. The van der Waals surface area contributed by atoms with E-state index < -0.39 is 0 Å². The van der Waals surface area contributed by atoms with E-state index in [0.29, 0.717) is 18.8 Å². The van der Waals surface area contributed by atoms with Crippen LogP contribution in [-0.4, -0.2) is 38.1 Å². The Kier molecular flexibility index (Phi) is 4.66. The van der Waals surface area contributed by atoms with Gasteiger partial charge in [0.25, 0.3) is 0 Å². The second kappa shape index (κ2) is 7.26. The molecule has 0 spiro atoms. The van der Waals surface area contributed by atoms with Crippen LogP contribution in [0.4, 0.5) is 0 Å². The zero-order chi connectivity index (χ0) is 18.8. The van der Waals surface area contributed by atoms with Crippen LogP contribution in [0, 0.1) is 0 Å². The number of aromatic nitrogens is 3. The lowest BCUT2D eigenvalue weighted by Gasteiger charge is -2.25. The summed E-state index contributed by atoms with van der Waals surface area (Å²) < 4.78 is 8.18. The quantitative estimate of drug-likeness (QED) is 0.695. The number of amides is 1. The lowest BCUT2D eigenvalue weighted by atomic mass is 10.0. The van der Waals surface area contributed by atoms with E-state index in [1.165, 1.54) is 9.08 Å². The lowest BCUT2D eigenvalue weighted by Crippen LogP contribution is -2.36. The molecule has 7 nitrogen and oxygen atoms in total. The molecule has 1 aliphatic rings. The van der Waals surface area contributed by atoms with Crippen LogP contribution in [0.1, 0.15) is 31.4 Å². The van der Waals surface area contributed by atoms with E-state index in [9.17, 15) is 9.59 Å². The van der Waals surface area contributed by atoms with E-state index in [-0.39, 0.29) is 24.2 Å². The van der Waals surface area contributed by atoms with Gasteiger partial charge in [-0.2, -0.15) is 0 Å². The molecule has 1 amide bonds. The molecule has 2 aromatic heterocycles. The number of carbonyl (C=O) groups is 1. The van der Waals surface area contributed by atoms with Crippen molar-refractivity contribution in [2.24, 2.45) is 0 Å². The smallest absolute Gasteiger partial charge is 0.350 e. The molecule has 0 radical (unpaired) electrons. The van der Waals surface area contributed by atoms with Gasteiger partial charge in [0.1, 0.15) is 12.3 Å². The van der Waals surface area contributed by atoms with Crippen LogP contribution >= 0.6 is 0 Å². The Morgan fingerprint density at radius 3 is 2.78 bits per heavy atom. The first kappa shape index (κ1) is 17.3. The van der Waals surface area contributed by atoms with E-state index in [4.69, 9.17) is 4.74 Å². The minimum absolute atomic E-state index is 0.0286. The first-order chi connectivity index (χ1) is 13.2. The fraction of sp³-hybridized carbons (Fsp3) is 0.350. The fourth-order valence-corrected chi connectivity index (χ4v) is 3.65. The van der Waals surface area contributed by atoms with Crippen molar-refractivity contribution in [3.63, 3.8) is 0 Å². The Labute approximate surface area is 156 Å². The molecular formula is C20H22N4O3. The number of hydrogen-bond donors (Lipinski definition) is 0. The molecule has 140 valence electrons. The van der Waals surface area contributed by atoms with Crippen LogP contribution in [0.3, 0.4) is 0 Å². The molecule has 3 aromatic rings. The molecule has 0 N–H and O–H groups in total. The van der Waals surface area contributed by atoms with Gasteiger partial charge in [0, 0.05) is 12.7 Å². The maximum absolute atomic E-state index is 12.9. The number of benzene rings is 1. The maximum atomic E-state index is 12.9. The Bertz CT molecular complexity index is 1010. The van der Waals surface area contributed by atoms with Crippen molar-refractivity contribution < 1.29 is 9.53 Å². The predicted octanol–water partition coefficient (Wildman–Crippen LogP) is 2.26. The monoisotopic (exact) mass is 366 g/mol. The number of fused-ring (bicyclic) bond motifs is 1. The zero-order valence-electron chi connectivity index (χ0n) is 15.2. The molecule has 1 aromatic carbocycles.